The first-order valence-electron chi connectivity index (χ1n) is 7.77. The van der Waals surface area contributed by atoms with Crippen molar-refractivity contribution < 1.29 is 4.76 Å². The van der Waals surface area contributed by atoms with Gasteiger partial charge in [0.15, 0.2) is 0 Å². The Labute approximate surface area is 119 Å². The molecule has 3 nitrogen and oxygen atoms in total. The van der Waals surface area contributed by atoms with Crippen molar-refractivity contribution in [1.82, 2.24) is 5.32 Å². The summed E-state index contributed by atoms with van der Waals surface area (Å²) in [5.74, 6) is 0.385. The fourth-order valence-electron chi connectivity index (χ4n) is 4.22. The van der Waals surface area contributed by atoms with Crippen LogP contribution in [0.2, 0.25) is 0 Å². The smallest absolute Gasteiger partial charge is 0.233 e. The Morgan fingerprint density at radius 3 is 3.10 bits per heavy atom. The highest BCUT2D eigenvalue weighted by molar-refractivity contribution is 5.61. The number of nitrogens with zero attached hydrogens (tertiary/aromatic N) is 1. The lowest BCUT2D eigenvalue weighted by atomic mass is 9.71. The van der Waals surface area contributed by atoms with Crippen LogP contribution in [-0.2, 0) is 0 Å². The van der Waals surface area contributed by atoms with Gasteiger partial charge < -0.3 is 5.32 Å². The largest absolute Gasteiger partial charge is 0.381 e. The molecule has 2 heterocycles. The predicted molar refractivity (Wildman–Crippen MR) is 78.9 cm³/mol. The summed E-state index contributed by atoms with van der Waals surface area (Å²) < 4.78 is 1.25. The van der Waals surface area contributed by atoms with Crippen molar-refractivity contribution in [3.05, 3.63) is 50.7 Å². The zero-order valence-electron chi connectivity index (χ0n) is 12.2. The van der Waals surface area contributed by atoms with Crippen molar-refractivity contribution in [2.45, 2.75) is 45.6 Å². The van der Waals surface area contributed by atoms with E-state index in [4.69, 9.17) is 0 Å². The molecule has 0 aromatic heterocycles. The van der Waals surface area contributed by atoms with E-state index in [0.717, 1.165) is 37.9 Å². The summed E-state index contributed by atoms with van der Waals surface area (Å²) in [5.41, 5.74) is 8.27. The summed E-state index contributed by atoms with van der Waals surface area (Å²) in [6, 6.07) is 0.0708. The molecule has 2 aliphatic heterocycles. The summed E-state index contributed by atoms with van der Waals surface area (Å²) >= 11 is 0. The molecule has 104 valence electrons. The number of rotatable bonds is 1. The molecule has 4 rings (SSSR count). The average molecular weight is 269 g/mol. The molecule has 2 unspecified atom stereocenters. The van der Waals surface area contributed by atoms with Crippen LogP contribution in [0.4, 0.5) is 0 Å². The summed E-state index contributed by atoms with van der Waals surface area (Å²) in [6.45, 7) is 5.14. The van der Waals surface area contributed by atoms with Gasteiger partial charge in [-0.2, -0.15) is 0 Å². The standard InChI is InChI=1S/C17H21N2O/c1-3-12-8-15-13-5-4-6-16-17(13)11(9-18-16)7-14(15)10(2)19(12)20/h6,8,10,14,18H,3-5,7,9H2,1-2H3/q+1. The van der Waals surface area contributed by atoms with Crippen LogP contribution in [0.5, 0.6) is 0 Å². The van der Waals surface area contributed by atoms with Crippen molar-refractivity contribution >= 4 is 0 Å². The summed E-state index contributed by atoms with van der Waals surface area (Å²) in [7, 11) is 0. The molecular formula is C17H21N2O+. The molecule has 2 atom stereocenters. The Morgan fingerprint density at radius 1 is 1.45 bits per heavy atom. The van der Waals surface area contributed by atoms with Gasteiger partial charge in [-0.05, 0) is 36.0 Å². The van der Waals surface area contributed by atoms with Crippen LogP contribution in [0.3, 0.4) is 0 Å². The number of fused-ring (bicyclic) bond motifs is 1. The molecule has 0 saturated carbocycles. The van der Waals surface area contributed by atoms with E-state index in [1.54, 1.807) is 0 Å². The second-order valence-electron chi connectivity index (χ2n) is 6.29. The van der Waals surface area contributed by atoms with Crippen LogP contribution in [0.25, 0.3) is 0 Å². The van der Waals surface area contributed by atoms with Gasteiger partial charge >= 0.3 is 0 Å². The minimum atomic E-state index is 0.0708. The zero-order valence-corrected chi connectivity index (χ0v) is 12.2. The fraction of sp³-hybridized carbons (Fsp3) is 0.529. The quantitative estimate of drug-likeness (QED) is 0.740. The Balaban J connectivity index is 1.92. The second-order valence-corrected chi connectivity index (χ2v) is 6.29. The number of nitrogens with one attached hydrogen (secondary N) is 1. The third-order valence-corrected chi connectivity index (χ3v) is 5.29. The maximum absolute atomic E-state index is 12.4. The third-order valence-electron chi connectivity index (χ3n) is 5.29. The third kappa shape index (κ3) is 1.46. The molecule has 0 saturated heterocycles. The van der Waals surface area contributed by atoms with Gasteiger partial charge in [-0.3, -0.25) is 0 Å². The van der Waals surface area contributed by atoms with Gasteiger partial charge in [-0.1, -0.05) is 13.0 Å². The minimum absolute atomic E-state index is 0.0708. The first kappa shape index (κ1) is 12.1. The van der Waals surface area contributed by atoms with E-state index >= 15 is 0 Å². The molecule has 3 heteroatoms. The van der Waals surface area contributed by atoms with Crippen molar-refractivity contribution in [2.75, 3.05) is 6.54 Å². The second kappa shape index (κ2) is 4.18. The highest BCUT2D eigenvalue weighted by Crippen LogP contribution is 2.47. The van der Waals surface area contributed by atoms with E-state index < -0.39 is 0 Å². The van der Waals surface area contributed by atoms with Gasteiger partial charge in [-0.25, -0.2) is 0 Å². The van der Waals surface area contributed by atoms with Crippen molar-refractivity contribution in [2.24, 2.45) is 5.92 Å². The Hall–Kier alpha value is -1.64. The molecule has 0 fully saturated rings. The maximum atomic E-state index is 12.4. The van der Waals surface area contributed by atoms with Crippen LogP contribution in [0.1, 0.15) is 39.5 Å². The lowest BCUT2D eigenvalue weighted by Gasteiger charge is -2.32. The summed E-state index contributed by atoms with van der Waals surface area (Å²) in [6.07, 6.45) is 8.65. The SMILES string of the molecule is CCC1=CC2=C3CCC=C4NCC(=C43)CC2C(C)[N+]1=O. The molecule has 1 N–H and O–H groups in total. The van der Waals surface area contributed by atoms with Crippen LogP contribution < -0.4 is 5.32 Å². The maximum Gasteiger partial charge on any atom is 0.233 e. The number of hydrogen-bond donors (Lipinski definition) is 1. The predicted octanol–water partition coefficient (Wildman–Crippen LogP) is 3.36. The fourth-order valence-corrected chi connectivity index (χ4v) is 4.22. The van der Waals surface area contributed by atoms with Gasteiger partial charge in [0, 0.05) is 46.9 Å². The average Bonchev–Trinajstić information content (AvgIpc) is 2.88. The van der Waals surface area contributed by atoms with E-state index in [9.17, 15) is 4.91 Å². The molecule has 0 aromatic carbocycles. The molecule has 2 aliphatic carbocycles. The van der Waals surface area contributed by atoms with Gasteiger partial charge in [0.25, 0.3) is 0 Å². The van der Waals surface area contributed by atoms with Crippen molar-refractivity contribution in [1.29, 1.82) is 0 Å². The topological polar surface area (TPSA) is 32.1 Å². The van der Waals surface area contributed by atoms with Gasteiger partial charge in [0.05, 0.1) is 5.92 Å². The highest BCUT2D eigenvalue weighted by atomic mass is 16.3. The Bertz CT molecular complexity index is 633. The Kier molecular flexibility index (Phi) is 2.53. The normalized spacial score (nSPS) is 31.6. The minimum Gasteiger partial charge on any atom is -0.381 e. The molecule has 0 bridgehead atoms. The number of nitroso groups, excluding NO2 is 1. The first-order chi connectivity index (χ1) is 9.70. The molecule has 0 aromatic rings. The monoisotopic (exact) mass is 269 g/mol. The van der Waals surface area contributed by atoms with E-state index in [0.29, 0.717) is 5.92 Å². The van der Waals surface area contributed by atoms with Gasteiger partial charge in [-0.15, -0.1) is 0 Å². The van der Waals surface area contributed by atoms with E-state index in [1.807, 2.05) is 0 Å². The van der Waals surface area contributed by atoms with Crippen LogP contribution in [-0.4, -0.2) is 17.3 Å². The van der Waals surface area contributed by atoms with E-state index in [1.165, 1.54) is 32.7 Å². The highest BCUT2D eigenvalue weighted by Gasteiger charge is 2.45. The summed E-state index contributed by atoms with van der Waals surface area (Å²) in [4.78, 5) is 12.4. The van der Waals surface area contributed by atoms with Crippen LogP contribution in [0.15, 0.2) is 45.8 Å². The van der Waals surface area contributed by atoms with Gasteiger partial charge in [0.2, 0.25) is 11.7 Å². The zero-order chi connectivity index (χ0) is 13.9. The molecular weight excluding hydrogens is 248 g/mol. The molecule has 4 aliphatic rings. The van der Waals surface area contributed by atoms with Crippen molar-refractivity contribution in [3.63, 3.8) is 0 Å². The molecule has 0 spiro atoms. The Morgan fingerprint density at radius 2 is 2.30 bits per heavy atom. The first-order valence-corrected chi connectivity index (χ1v) is 7.77. The number of hydrogen-bond acceptors (Lipinski definition) is 2. The van der Waals surface area contributed by atoms with E-state index in [2.05, 4.69) is 31.3 Å². The van der Waals surface area contributed by atoms with Crippen LogP contribution >= 0.6 is 0 Å². The lowest BCUT2D eigenvalue weighted by molar-refractivity contribution is -0.548. The van der Waals surface area contributed by atoms with Crippen molar-refractivity contribution in [3.8, 4) is 0 Å². The number of allylic oxidation sites excluding steroid dienone is 4. The molecule has 20 heavy (non-hydrogen) atoms. The lowest BCUT2D eigenvalue weighted by Crippen LogP contribution is -2.36. The molecule has 0 radical (unpaired) electrons. The molecule has 0 amide bonds. The summed E-state index contributed by atoms with van der Waals surface area (Å²) in [5, 5.41) is 3.53. The van der Waals surface area contributed by atoms with Crippen LogP contribution in [0, 0.1) is 10.8 Å². The van der Waals surface area contributed by atoms with Gasteiger partial charge in [0.1, 0.15) is 0 Å². The van der Waals surface area contributed by atoms with E-state index in [-0.39, 0.29) is 6.04 Å².